The number of hydrogen-bond donors (Lipinski definition) is 1. The zero-order valence-corrected chi connectivity index (χ0v) is 12.1. The zero-order valence-electron chi connectivity index (χ0n) is 11.3. The van der Waals surface area contributed by atoms with Crippen LogP contribution in [0.2, 0.25) is 0 Å². The Balaban J connectivity index is 1.47. The maximum absolute atomic E-state index is 12.4. The molecule has 0 fully saturated rings. The number of thiazole rings is 1. The highest BCUT2D eigenvalue weighted by Crippen LogP contribution is 2.35. The van der Waals surface area contributed by atoms with E-state index in [-0.39, 0.29) is 18.6 Å². The van der Waals surface area contributed by atoms with Gasteiger partial charge in [0.1, 0.15) is 0 Å². The second-order valence-corrected chi connectivity index (χ2v) is 6.16. The third-order valence-electron chi connectivity index (χ3n) is 3.90. The quantitative estimate of drug-likeness (QED) is 0.926. The van der Waals surface area contributed by atoms with Crippen LogP contribution in [0.4, 0.5) is 5.69 Å². The first kappa shape index (κ1) is 12.6. The second-order valence-electron chi connectivity index (χ2n) is 5.22. The van der Waals surface area contributed by atoms with Gasteiger partial charge in [-0.25, -0.2) is 4.98 Å². The number of nitrogens with one attached hydrogen (secondary N) is 1. The third kappa shape index (κ3) is 2.35. The molecule has 1 amide bonds. The van der Waals surface area contributed by atoms with Gasteiger partial charge >= 0.3 is 0 Å². The van der Waals surface area contributed by atoms with Crippen LogP contribution in [0.25, 0.3) is 0 Å². The molecule has 6 heteroatoms. The Morgan fingerprint density at radius 2 is 2.24 bits per heavy atom. The van der Waals surface area contributed by atoms with Gasteiger partial charge in [0, 0.05) is 22.5 Å². The maximum atomic E-state index is 12.4. The summed E-state index contributed by atoms with van der Waals surface area (Å²) in [7, 11) is 0. The lowest BCUT2D eigenvalue weighted by Crippen LogP contribution is -2.27. The summed E-state index contributed by atoms with van der Waals surface area (Å²) in [6.07, 6.45) is 2.53. The first-order valence-electron chi connectivity index (χ1n) is 6.91. The van der Waals surface area contributed by atoms with Crippen LogP contribution in [-0.4, -0.2) is 17.7 Å². The highest BCUT2D eigenvalue weighted by atomic mass is 32.1. The summed E-state index contributed by atoms with van der Waals surface area (Å²) in [6.45, 7) is 0.240. The smallest absolute Gasteiger partial charge is 0.231 e. The summed E-state index contributed by atoms with van der Waals surface area (Å²) in [4.78, 5) is 18.0. The van der Waals surface area contributed by atoms with Crippen molar-refractivity contribution in [3.63, 3.8) is 0 Å². The Labute approximate surface area is 125 Å². The molecule has 1 unspecified atom stereocenters. The van der Waals surface area contributed by atoms with Crippen molar-refractivity contribution >= 4 is 22.9 Å². The Morgan fingerprint density at radius 3 is 3.19 bits per heavy atom. The highest BCUT2D eigenvalue weighted by molar-refractivity contribution is 7.09. The van der Waals surface area contributed by atoms with Gasteiger partial charge in [0.25, 0.3) is 0 Å². The van der Waals surface area contributed by atoms with Crippen LogP contribution in [0.15, 0.2) is 23.7 Å². The number of carbonyl (C=O) groups is 1. The van der Waals surface area contributed by atoms with Crippen molar-refractivity contribution in [3.8, 4) is 11.5 Å². The molecule has 1 atom stereocenters. The standard InChI is InChI=1S/C15H14N2O3S/c18-15(9-1-3-11-14(5-9)21-7-16-11)17-10-2-4-12-13(6-10)20-8-19-12/h2,4,6-7,9H,1,3,5,8H2,(H,17,18). The van der Waals surface area contributed by atoms with Crippen LogP contribution < -0.4 is 14.8 Å². The van der Waals surface area contributed by atoms with E-state index in [1.165, 1.54) is 4.88 Å². The number of nitrogens with zero attached hydrogens (tertiary/aromatic N) is 1. The molecule has 0 radical (unpaired) electrons. The second kappa shape index (κ2) is 5.04. The van der Waals surface area contributed by atoms with Gasteiger partial charge in [-0.2, -0.15) is 0 Å². The number of amides is 1. The number of fused-ring (bicyclic) bond motifs is 2. The summed E-state index contributed by atoms with van der Waals surface area (Å²) in [6, 6.07) is 5.47. The topological polar surface area (TPSA) is 60.5 Å². The minimum Gasteiger partial charge on any atom is -0.454 e. The number of ether oxygens (including phenoxy) is 2. The van der Waals surface area contributed by atoms with E-state index < -0.39 is 0 Å². The summed E-state index contributed by atoms with van der Waals surface area (Å²) in [5.41, 5.74) is 3.77. The van der Waals surface area contributed by atoms with Gasteiger partial charge in [-0.15, -0.1) is 11.3 Å². The predicted molar refractivity (Wildman–Crippen MR) is 78.8 cm³/mol. The molecular weight excluding hydrogens is 288 g/mol. The molecule has 1 N–H and O–H groups in total. The number of aromatic nitrogens is 1. The lowest BCUT2D eigenvalue weighted by molar-refractivity contribution is -0.120. The average Bonchev–Trinajstić information content (AvgIpc) is 3.14. The minimum absolute atomic E-state index is 0.0170. The van der Waals surface area contributed by atoms with Crippen LogP contribution in [0.1, 0.15) is 17.0 Å². The van der Waals surface area contributed by atoms with Crippen molar-refractivity contribution in [2.24, 2.45) is 5.92 Å². The van der Waals surface area contributed by atoms with Gasteiger partial charge in [-0.3, -0.25) is 4.79 Å². The van der Waals surface area contributed by atoms with Crippen LogP contribution in [0.5, 0.6) is 11.5 Å². The molecule has 21 heavy (non-hydrogen) atoms. The number of benzene rings is 1. The van der Waals surface area contributed by atoms with E-state index in [2.05, 4.69) is 10.3 Å². The predicted octanol–water partition coefficient (Wildman–Crippen LogP) is 2.62. The maximum Gasteiger partial charge on any atom is 0.231 e. The first-order chi connectivity index (χ1) is 10.3. The SMILES string of the molecule is O=C(Nc1ccc2c(c1)OCO2)C1CCc2ncsc2C1. The molecule has 4 rings (SSSR count). The lowest BCUT2D eigenvalue weighted by Gasteiger charge is -2.20. The van der Waals surface area contributed by atoms with Crippen molar-refractivity contribution in [1.82, 2.24) is 4.98 Å². The van der Waals surface area contributed by atoms with E-state index in [0.717, 1.165) is 36.4 Å². The van der Waals surface area contributed by atoms with Crippen LogP contribution >= 0.6 is 11.3 Å². The van der Waals surface area contributed by atoms with Gasteiger partial charge < -0.3 is 14.8 Å². The van der Waals surface area contributed by atoms with Crippen molar-refractivity contribution < 1.29 is 14.3 Å². The van der Waals surface area contributed by atoms with Crippen molar-refractivity contribution in [2.75, 3.05) is 12.1 Å². The molecule has 2 heterocycles. The van der Waals surface area contributed by atoms with E-state index in [1.54, 1.807) is 17.4 Å². The summed E-state index contributed by atoms with van der Waals surface area (Å²) in [5, 5.41) is 2.97. The molecule has 0 saturated heterocycles. The average molecular weight is 302 g/mol. The fourth-order valence-electron chi connectivity index (χ4n) is 2.74. The number of anilines is 1. The Morgan fingerprint density at radius 1 is 1.33 bits per heavy atom. The molecule has 1 aromatic heterocycles. The van der Waals surface area contributed by atoms with Crippen LogP contribution in [-0.2, 0) is 17.6 Å². The number of aryl methyl sites for hydroxylation is 1. The van der Waals surface area contributed by atoms with Crippen LogP contribution in [0.3, 0.4) is 0 Å². The first-order valence-corrected chi connectivity index (χ1v) is 7.79. The lowest BCUT2D eigenvalue weighted by atomic mass is 9.90. The van der Waals surface area contributed by atoms with Gasteiger partial charge in [0.05, 0.1) is 11.2 Å². The van der Waals surface area contributed by atoms with Gasteiger partial charge in [-0.1, -0.05) is 0 Å². The Kier molecular flexibility index (Phi) is 3.03. The Hall–Kier alpha value is -2.08. The minimum atomic E-state index is 0.0170. The summed E-state index contributed by atoms with van der Waals surface area (Å²) in [5.74, 6) is 1.48. The molecule has 2 aliphatic rings. The molecule has 2 aromatic rings. The Bertz CT molecular complexity index is 698. The molecule has 1 aromatic carbocycles. The normalized spacial score (nSPS) is 19.1. The number of hydrogen-bond acceptors (Lipinski definition) is 5. The van der Waals surface area contributed by atoms with E-state index in [1.807, 2.05) is 17.6 Å². The fourth-order valence-corrected chi connectivity index (χ4v) is 3.64. The molecule has 0 spiro atoms. The molecule has 0 bridgehead atoms. The van der Waals surface area contributed by atoms with E-state index in [0.29, 0.717) is 5.75 Å². The fraction of sp³-hybridized carbons (Fsp3) is 0.333. The molecule has 0 saturated carbocycles. The molecular formula is C15H14N2O3S. The molecule has 108 valence electrons. The van der Waals surface area contributed by atoms with Crippen LogP contribution in [0, 0.1) is 5.92 Å². The largest absolute Gasteiger partial charge is 0.454 e. The number of carbonyl (C=O) groups excluding carboxylic acids is 1. The van der Waals surface area contributed by atoms with Gasteiger partial charge in [0.2, 0.25) is 12.7 Å². The monoisotopic (exact) mass is 302 g/mol. The van der Waals surface area contributed by atoms with Crippen molar-refractivity contribution in [2.45, 2.75) is 19.3 Å². The van der Waals surface area contributed by atoms with Gasteiger partial charge in [0.15, 0.2) is 11.5 Å². The highest BCUT2D eigenvalue weighted by Gasteiger charge is 2.26. The van der Waals surface area contributed by atoms with Gasteiger partial charge in [-0.05, 0) is 31.4 Å². The zero-order chi connectivity index (χ0) is 14.2. The van der Waals surface area contributed by atoms with E-state index >= 15 is 0 Å². The van der Waals surface area contributed by atoms with Crippen molar-refractivity contribution in [3.05, 3.63) is 34.3 Å². The third-order valence-corrected chi connectivity index (χ3v) is 4.80. The van der Waals surface area contributed by atoms with E-state index in [9.17, 15) is 4.79 Å². The molecule has 1 aliphatic heterocycles. The molecule has 1 aliphatic carbocycles. The van der Waals surface area contributed by atoms with Crippen molar-refractivity contribution in [1.29, 1.82) is 0 Å². The summed E-state index contributed by atoms with van der Waals surface area (Å²) < 4.78 is 10.6. The summed E-state index contributed by atoms with van der Waals surface area (Å²) >= 11 is 1.64. The molecule has 5 nitrogen and oxygen atoms in total. The van der Waals surface area contributed by atoms with E-state index in [4.69, 9.17) is 9.47 Å². The number of rotatable bonds is 2.